The first-order valence-corrected chi connectivity index (χ1v) is 8.30. The summed E-state index contributed by atoms with van der Waals surface area (Å²) in [5.74, 6) is 2.44. The molecule has 24 heavy (non-hydrogen) atoms. The van der Waals surface area contributed by atoms with Gasteiger partial charge in [-0.25, -0.2) is 4.98 Å². The maximum Gasteiger partial charge on any atom is 0.152 e. The summed E-state index contributed by atoms with van der Waals surface area (Å²) in [4.78, 5) is 10.6. The van der Waals surface area contributed by atoms with Gasteiger partial charge >= 0.3 is 0 Å². The van der Waals surface area contributed by atoms with Crippen molar-refractivity contribution in [3.05, 3.63) is 54.9 Å². The van der Waals surface area contributed by atoms with Crippen LogP contribution in [-0.4, -0.2) is 42.4 Å². The summed E-state index contributed by atoms with van der Waals surface area (Å²) >= 11 is 0. The van der Waals surface area contributed by atoms with E-state index in [2.05, 4.69) is 48.8 Å². The van der Waals surface area contributed by atoms with Crippen molar-refractivity contribution in [1.29, 1.82) is 0 Å². The molecule has 0 amide bonds. The second-order valence-corrected chi connectivity index (χ2v) is 6.26. The fourth-order valence-corrected chi connectivity index (χ4v) is 3.39. The minimum absolute atomic E-state index is 0.404. The number of hydrogen-bond acceptors (Lipinski definition) is 5. The van der Waals surface area contributed by atoms with Crippen molar-refractivity contribution in [1.82, 2.24) is 29.3 Å². The largest absolute Gasteiger partial charge is 0.371 e. The zero-order chi connectivity index (χ0) is 16.4. The zero-order valence-corrected chi connectivity index (χ0v) is 13.8. The molecule has 1 atom stereocenters. The van der Waals surface area contributed by atoms with Crippen molar-refractivity contribution in [3.63, 3.8) is 0 Å². The quantitative estimate of drug-likeness (QED) is 0.733. The average molecular weight is 323 g/mol. The van der Waals surface area contributed by atoms with Gasteiger partial charge in [-0.15, -0.1) is 10.2 Å². The number of hydrogen-bond donors (Lipinski definition) is 0. The standard InChI is InChI=1S/C17H21N7/c1-22-16(12-23-10-8-19-13-23)20-21-17(22)14-3-2-9-24(11-14)15-4-6-18-7-5-15/h4-8,10,13-14H,2-3,9,11-12H2,1H3/t14-/m0/s1. The lowest BCUT2D eigenvalue weighted by Crippen LogP contribution is -2.35. The SMILES string of the molecule is Cn1c(Cn2ccnc2)nnc1[C@H]1CCCN(c2ccncc2)C1. The van der Waals surface area contributed by atoms with E-state index >= 15 is 0 Å². The first-order valence-electron chi connectivity index (χ1n) is 8.30. The monoisotopic (exact) mass is 323 g/mol. The van der Waals surface area contributed by atoms with Crippen molar-refractivity contribution in [2.24, 2.45) is 7.05 Å². The van der Waals surface area contributed by atoms with E-state index in [9.17, 15) is 0 Å². The van der Waals surface area contributed by atoms with Crippen molar-refractivity contribution in [2.45, 2.75) is 25.3 Å². The van der Waals surface area contributed by atoms with E-state index in [4.69, 9.17) is 0 Å². The molecule has 3 aromatic heterocycles. The van der Waals surface area contributed by atoms with Crippen LogP contribution in [0.4, 0.5) is 5.69 Å². The van der Waals surface area contributed by atoms with E-state index in [1.54, 1.807) is 12.5 Å². The van der Waals surface area contributed by atoms with Crippen LogP contribution in [0.15, 0.2) is 43.2 Å². The minimum atomic E-state index is 0.404. The highest BCUT2D eigenvalue weighted by molar-refractivity contribution is 5.45. The number of aromatic nitrogens is 6. The van der Waals surface area contributed by atoms with E-state index in [0.29, 0.717) is 12.5 Å². The van der Waals surface area contributed by atoms with Gasteiger partial charge in [-0.3, -0.25) is 4.98 Å². The van der Waals surface area contributed by atoms with Crippen LogP contribution in [0.1, 0.15) is 30.4 Å². The van der Waals surface area contributed by atoms with Gasteiger partial charge in [-0.1, -0.05) is 0 Å². The van der Waals surface area contributed by atoms with Gasteiger partial charge in [-0.2, -0.15) is 0 Å². The number of nitrogens with zero attached hydrogens (tertiary/aromatic N) is 7. The Labute approximate surface area is 141 Å². The molecule has 7 nitrogen and oxygen atoms in total. The Morgan fingerprint density at radius 2 is 2.00 bits per heavy atom. The maximum absolute atomic E-state index is 4.49. The fourth-order valence-electron chi connectivity index (χ4n) is 3.39. The predicted molar refractivity (Wildman–Crippen MR) is 90.8 cm³/mol. The summed E-state index contributed by atoms with van der Waals surface area (Å²) < 4.78 is 4.15. The van der Waals surface area contributed by atoms with Gasteiger partial charge < -0.3 is 14.0 Å². The Morgan fingerprint density at radius 3 is 2.79 bits per heavy atom. The van der Waals surface area contributed by atoms with Crippen LogP contribution in [0.2, 0.25) is 0 Å². The molecule has 4 rings (SSSR count). The van der Waals surface area contributed by atoms with Gasteiger partial charge in [0.2, 0.25) is 0 Å². The molecular weight excluding hydrogens is 302 g/mol. The third-order valence-electron chi connectivity index (χ3n) is 4.70. The van der Waals surface area contributed by atoms with Crippen LogP contribution in [0.5, 0.6) is 0 Å². The molecular formula is C17H21N7. The van der Waals surface area contributed by atoms with E-state index in [1.165, 1.54) is 5.69 Å². The molecule has 0 saturated carbocycles. The van der Waals surface area contributed by atoms with E-state index in [0.717, 1.165) is 37.6 Å². The summed E-state index contributed by atoms with van der Waals surface area (Å²) in [6.07, 6.45) is 11.6. The molecule has 1 aliphatic rings. The summed E-state index contributed by atoms with van der Waals surface area (Å²) in [5, 5.41) is 8.89. The normalized spacial score (nSPS) is 18.0. The molecule has 0 aromatic carbocycles. The molecule has 124 valence electrons. The molecule has 0 unspecified atom stereocenters. The van der Waals surface area contributed by atoms with Crippen LogP contribution < -0.4 is 4.90 Å². The van der Waals surface area contributed by atoms with Gasteiger partial charge in [-0.05, 0) is 25.0 Å². The summed E-state index contributed by atoms with van der Waals surface area (Å²) in [6, 6.07) is 4.15. The average Bonchev–Trinajstić information content (AvgIpc) is 3.27. The molecule has 3 aromatic rings. The Morgan fingerprint density at radius 1 is 1.12 bits per heavy atom. The van der Waals surface area contributed by atoms with Crippen LogP contribution in [-0.2, 0) is 13.6 Å². The van der Waals surface area contributed by atoms with Crippen molar-refractivity contribution in [2.75, 3.05) is 18.0 Å². The minimum Gasteiger partial charge on any atom is -0.371 e. The first-order chi connectivity index (χ1) is 11.8. The Balaban J connectivity index is 1.52. The zero-order valence-electron chi connectivity index (χ0n) is 13.8. The van der Waals surface area contributed by atoms with Crippen LogP contribution in [0.3, 0.4) is 0 Å². The lowest BCUT2D eigenvalue weighted by atomic mass is 9.96. The number of piperidine rings is 1. The summed E-state index contributed by atoms with van der Waals surface area (Å²) in [6.45, 7) is 2.76. The van der Waals surface area contributed by atoms with Crippen LogP contribution in [0.25, 0.3) is 0 Å². The lowest BCUT2D eigenvalue weighted by molar-refractivity contribution is 0.478. The van der Waals surface area contributed by atoms with Gasteiger partial charge in [0.25, 0.3) is 0 Å². The maximum atomic E-state index is 4.49. The van der Waals surface area contributed by atoms with E-state index in [-0.39, 0.29) is 0 Å². The molecule has 1 saturated heterocycles. The van der Waals surface area contributed by atoms with E-state index < -0.39 is 0 Å². The molecule has 0 aliphatic carbocycles. The first kappa shape index (κ1) is 14.9. The summed E-state index contributed by atoms with van der Waals surface area (Å²) in [7, 11) is 2.06. The highest BCUT2D eigenvalue weighted by Crippen LogP contribution is 2.28. The highest BCUT2D eigenvalue weighted by atomic mass is 15.3. The second kappa shape index (κ2) is 6.43. The molecule has 1 aliphatic heterocycles. The second-order valence-electron chi connectivity index (χ2n) is 6.26. The lowest BCUT2D eigenvalue weighted by Gasteiger charge is -2.33. The topological polar surface area (TPSA) is 64.7 Å². The fraction of sp³-hybridized carbons (Fsp3) is 0.412. The van der Waals surface area contributed by atoms with Gasteiger partial charge in [0.05, 0.1) is 12.9 Å². The van der Waals surface area contributed by atoms with Gasteiger partial charge in [0.1, 0.15) is 5.82 Å². The molecule has 1 fully saturated rings. The highest BCUT2D eigenvalue weighted by Gasteiger charge is 2.26. The van der Waals surface area contributed by atoms with E-state index in [1.807, 2.05) is 23.2 Å². The molecule has 0 radical (unpaired) electrons. The molecule has 7 heteroatoms. The number of pyridine rings is 1. The molecule has 0 spiro atoms. The van der Waals surface area contributed by atoms with Crippen LogP contribution >= 0.6 is 0 Å². The Bertz CT molecular complexity index is 779. The molecule has 0 N–H and O–H groups in total. The third kappa shape index (κ3) is 2.89. The molecule has 4 heterocycles. The number of rotatable bonds is 4. The predicted octanol–water partition coefficient (Wildman–Crippen LogP) is 1.84. The number of anilines is 1. The van der Waals surface area contributed by atoms with Crippen molar-refractivity contribution in [3.8, 4) is 0 Å². The van der Waals surface area contributed by atoms with Crippen molar-refractivity contribution >= 4 is 5.69 Å². The smallest absolute Gasteiger partial charge is 0.152 e. The summed E-state index contributed by atoms with van der Waals surface area (Å²) in [5.41, 5.74) is 1.23. The Kier molecular flexibility index (Phi) is 3.98. The van der Waals surface area contributed by atoms with Gasteiger partial charge in [0.15, 0.2) is 5.82 Å². The number of imidazole rings is 1. The van der Waals surface area contributed by atoms with Gasteiger partial charge in [0, 0.05) is 56.5 Å². The van der Waals surface area contributed by atoms with Crippen LogP contribution in [0, 0.1) is 0 Å². The van der Waals surface area contributed by atoms with Crippen molar-refractivity contribution < 1.29 is 0 Å². The third-order valence-corrected chi connectivity index (χ3v) is 4.70. The Hall–Kier alpha value is -2.70. The molecule has 0 bridgehead atoms.